The normalized spacial score (nSPS) is 16.6. The van der Waals surface area contributed by atoms with Crippen LogP contribution in [0.2, 0.25) is 5.02 Å². The van der Waals surface area contributed by atoms with Crippen LogP contribution >= 0.6 is 23.4 Å². The van der Waals surface area contributed by atoms with Crippen molar-refractivity contribution in [2.75, 3.05) is 14.2 Å². The number of Topliss-reactive ketones (excluding diaryl/α,β-unsaturated/α-hetero) is 1. The summed E-state index contributed by atoms with van der Waals surface area (Å²) in [6.07, 6.45) is 1.72. The lowest BCUT2D eigenvalue weighted by Crippen LogP contribution is -2.27. The van der Waals surface area contributed by atoms with Gasteiger partial charge in [0.2, 0.25) is 0 Å². The van der Waals surface area contributed by atoms with Crippen LogP contribution in [0.3, 0.4) is 0 Å². The molecule has 0 bridgehead atoms. The highest BCUT2D eigenvalue weighted by Gasteiger charge is 2.35. The van der Waals surface area contributed by atoms with Gasteiger partial charge in [0.15, 0.2) is 17.3 Å². The van der Waals surface area contributed by atoms with Crippen molar-refractivity contribution in [2.45, 2.75) is 23.0 Å². The maximum Gasteiger partial charge on any atom is 0.167 e. The third-order valence-electron chi connectivity index (χ3n) is 5.52. The molecule has 0 heterocycles. The predicted octanol–water partition coefficient (Wildman–Crippen LogP) is 6.64. The second kappa shape index (κ2) is 9.15. The van der Waals surface area contributed by atoms with E-state index in [-0.39, 0.29) is 17.0 Å². The van der Waals surface area contributed by atoms with Crippen LogP contribution in [-0.4, -0.2) is 20.0 Å². The Morgan fingerprint density at radius 1 is 0.967 bits per heavy atom. The van der Waals surface area contributed by atoms with Crippen molar-refractivity contribution >= 4 is 29.1 Å². The van der Waals surface area contributed by atoms with Crippen LogP contribution < -0.4 is 9.47 Å². The number of ether oxygens (including phenoxy) is 2. The summed E-state index contributed by atoms with van der Waals surface area (Å²) in [5.41, 5.74) is 3.03. The van der Waals surface area contributed by atoms with E-state index in [4.69, 9.17) is 21.1 Å². The average Bonchev–Trinajstić information content (AvgIpc) is 2.79. The lowest BCUT2D eigenvalue weighted by Gasteiger charge is -2.30. The Kier molecular flexibility index (Phi) is 6.35. The second-order valence-corrected chi connectivity index (χ2v) is 8.92. The second-order valence-electron chi connectivity index (χ2n) is 7.27. The zero-order valence-corrected chi connectivity index (χ0v) is 18.5. The van der Waals surface area contributed by atoms with Gasteiger partial charge in [0.25, 0.3) is 0 Å². The highest BCUT2D eigenvalue weighted by molar-refractivity contribution is 7.99. The molecule has 5 heteroatoms. The Hall–Kier alpha value is -2.43. The molecule has 0 spiro atoms. The van der Waals surface area contributed by atoms with Crippen molar-refractivity contribution in [1.29, 1.82) is 0 Å². The monoisotopic (exact) mass is 438 g/mol. The van der Waals surface area contributed by atoms with Crippen LogP contribution in [0.15, 0.2) is 71.6 Å². The van der Waals surface area contributed by atoms with Crippen LogP contribution in [0.4, 0.5) is 0 Å². The fourth-order valence-electron chi connectivity index (χ4n) is 3.98. The summed E-state index contributed by atoms with van der Waals surface area (Å²) in [5, 5.41) is 0.650. The molecule has 1 aliphatic rings. The lowest BCUT2D eigenvalue weighted by atomic mass is 9.79. The number of methoxy groups -OCH3 is 2. The van der Waals surface area contributed by atoms with Gasteiger partial charge >= 0.3 is 0 Å². The summed E-state index contributed by atoms with van der Waals surface area (Å²) in [6, 6.07) is 21.6. The minimum atomic E-state index is -0.126. The highest BCUT2D eigenvalue weighted by atomic mass is 35.5. The SMILES string of the molecule is COc1ccc(C(Sc2ccc(Cl)cc2)C2CCc3ccccc3C2=O)cc1OC. The van der Waals surface area contributed by atoms with Gasteiger partial charge in [-0.3, -0.25) is 4.79 Å². The van der Waals surface area contributed by atoms with Gasteiger partial charge in [-0.25, -0.2) is 0 Å². The summed E-state index contributed by atoms with van der Waals surface area (Å²) < 4.78 is 10.9. The number of ketones is 1. The van der Waals surface area contributed by atoms with Crippen molar-refractivity contribution in [1.82, 2.24) is 0 Å². The number of hydrogen-bond acceptors (Lipinski definition) is 4. The smallest absolute Gasteiger partial charge is 0.167 e. The van der Waals surface area contributed by atoms with Gasteiger partial charge < -0.3 is 9.47 Å². The van der Waals surface area contributed by atoms with Gasteiger partial charge in [-0.2, -0.15) is 0 Å². The topological polar surface area (TPSA) is 35.5 Å². The molecule has 1 aliphatic carbocycles. The van der Waals surface area contributed by atoms with Gasteiger partial charge in [0.05, 0.1) is 14.2 Å². The maximum absolute atomic E-state index is 13.5. The van der Waals surface area contributed by atoms with Crippen LogP contribution in [-0.2, 0) is 6.42 Å². The van der Waals surface area contributed by atoms with Crippen LogP contribution in [0.5, 0.6) is 11.5 Å². The largest absolute Gasteiger partial charge is 0.493 e. The minimum absolute atomic E-state index is 0.0492. The number of aryl methyl sites for hydroxylation is 1. The van der Waals surface area contributed by atoms with E-state index in [0.29, 0.717) is 16.5 Å². The van der Waals surface area contributed by atoms with Gasteiger partial charge in [-0.1, -0.05) is 41.9 Å². The maximum atomic E-state index is 13.5. The molecule has 0 fully saturated rings. The molecule has 0 aromatic heterocycles. The Bertz CT molecular complexity index is 1050. The van der Waals surface area contributed by atoms with Crippen molar-refractivity contribution in [3.8, 4) is 11.5 Å². The molecular formula is C25H23ClO3S. The zero-order chi connectivity index (χ0) is 21.1. The molecule has 0 aliphatic heterocycles. The molecule has 0 radical (unpaired) electrons. The lowest BCUT2D eigenvalue weighted by molar-refractivity contribution is 0.0899. The number of rotatable bonds is 6. The fourth-order valence-corrected chi connectivity index (χ4v) is 5.40. The Labute approximate surface area is 186 Å². The molecule has 154 valence electrons. The summed E-state index contributed by atoms with van der Waals surface area (Å²) in [4.78, 5) is 14.5. The average molecular weight is 439 g/mol. The molecule has 3 aromatic carbocycles. The molecule has 3 nitrogen and oxygen atoms in total. The first-order valence-electron chi connectivity index (χ1n) is 9.87. The number of fused-ring (bicyclic) bond motifs is 1. The van der Waals surface area contributed by atoms with Crippen molar-refractivity contribution < 1.29 is 14.3 Å². The van der Waals surface area contributed by atoms with Gasteiger partial charge in [0.1, 0.15) is 0 Å². The van der Waals surface area contributed by atoms with E-state index >= 15 is 0 Å². The Morgan fingerprint density at radius 3 is 2.43 bits per heavy atom. The first-order valence-corrected chi connectivity index (χ1v) is 11.1. The van der Waals surface area contributed by atoms with Gasteiger partial charge in [0, 0.05) is 26.6 Å². The van der Waals surface area contributed by atoms with Crippen LogP contribution in [0, 0.1) is 5.92 Å². The van der Waals surface area contributed by atoms with Crippen LogP contribution in [0.1, 0.15) is 33.2 Å². The molecule has 3 aromatic rings. The molecule has 30 heavy (non-hydrogen) atoms. The van der Waals surface area contributed by atoms with E-state index < -0.39 is 0 Å². The van der Waals surface area contributed by atoms with E-state index in [1.165, 1.54) is 0 Å². The summed E-state index contributed by atoms with van der Waals surface area (Å²) in [6.45, 7) is 0. The Morgan fingerprint density at radius 2 is 1.70 bits per heavy atom. The number of hydrogen-bond donors (Lipinski definition) is 0. The van der Waals surface area contributed by atoms with Crippen molar-refractivity contribution in [2.24, 2.45) is 5.92 Å². The molecule has 4 rings (SSSR count). The Balaban J connectivity index is 1.74. The molecule has 0 saturated carbocycles. The first-order chi connectivity index (χ1) is 14.6. The van der Waals surface area contributed by atoms with E-state index in [1.54, 1.807) is 26.0 Å². The minimum Gasteiger partial charge on any atom is -0.493 e. The summed E-state index contributed by atoms with van der Waals surface area (Å²) in [5.74, 6) is 1.42. The zero-order valence-electron chi connectivity index (χ0n) is 16.9. The first kappa shape index (κ1) is 20.8. The third kappa shape index (κ3) is 4.21. The molecule has 0 saturated heterocycles. The third-order valence-corrected chi connectivity index (χ3v) is 7.17. The number of thioether (sulfide) groups is 1. The van der Waals surface area contributed by atoms with E-state index in [2.05, 4.69) is 6.07 Å². The number of carbonyl (C=O) groups is 1. The highest BCUT2D eigenvalue weighted by Crippen LogP contribution is 2.47. The van der Waals surface area contributed by atoms with E-state index in [1.807, 2.05) is 60.7 Å². The predicted molar refractivity (Wildman–Crippen MR) is 122 cm³/mol. The standard InChI is InChI=1S/C25H23ClO3S/c1-28-22-14-8-17(15-23(22)29-2)25(30-19-11-9-18(26)10-12-19)21-13-7-16-5-3-4-6-20(16)24(21)27/h3-6,8-12,14-15,21,25H,7,13H2,1-2H3. The van der Waals surface area contributed by atoms with Crippen LogP contribution in [0.25, 0.3) is 0 Å². The number of benzene rings is 3. The molecule has 2 atom stereocenters. The fraction of sp³-hybridized carbons (Fsp3) is 0.240. The molecule has 2 unspecified atom stereocenters. The van der Waals surface area contributed by atoms with Gasteiger partial charge in [-0.05, 0) is 60.4 Å². The van der Waals surface area contributed by atoms with Gasteiger partial charge in [-0.15, -0.1) is 11.8 Å². The summed E-state index contributed by atoms with van der Waals surface area (Å²) in [7, 11) is 3.25. The van der Waals surface area contributed by atoms with E-state index in [9.17, 15) is 4.79 Å². The molecular weight excluding hydrogens is 416 g/mol. The number of halogens is 1. The van der Waals surface area contributed by atoms with Crippen molar-refractivity contribution in [3.05, 3.63) is 88.4 Å². The number of carbonyl (C=O) groups excluding carboxylic acids is 1. The van der Waals surface area contributed by atoms with E-state index in [0.717, 1.165) is 34.4 Å². The van der Waals surface area contributed by atoms with Crippen molar-refractivity contribution in [3.63, 3.8) is 0 Å². The summed E-state index contributed by atoms with van der Waals surface area (Å²) >= 11 is 7.76. The molecule has 0 amide bonds. The quantitative estimate of drug-likeness (QED) is 0.404. The molecule has 0 N–H and O–H groups in total.